The monoisotopic (exact) mass is 590 g/mol. The second-order valence-corrected chi connectivity index (χ2v) is 12.2. The molecule has 0 aromatic heterocycles. The normalized spacial score (nSPS) is 34.1. The van der Waals surface area contributed by atoms with Crippen molar-refractivity contribution in [2.24, 2.45) is 23.7 Å². The Morgan fingerprint density at radius 2 is 1.56 bits per heavy atom. The molecule has 1 heterocycles. The molecule has 2 fully saturated rings. The highest BCUT2D eigenvalue weighted by atomic mass is 16.7. The van der Waals surface area contributed by atoms with E-state index in [0.29, 0.717) is 11.8 Å². The molecule has 0 bridgehead atoms. The Morgan fingerprint density at radius 3 is 2.28 bits per heavy atom. The summed E-state index contributed by atoms with van der Waals surface area (Å²) in [6, 6.07) is 15.0. The number of aliphatic hydroxyl groups is 5. The van der Waals surface area contributed by atoms with Gasteiger partial charge in [-0.05, 0) is 60.8 Å². The highest BCUT2D eigenvalue weighted by Gasteiger charge is 2.48. The predicted molar refractivity (Wildman–Crippen MR) is 155 cm³/mol. The van der Waals surface area contributed by atoms with Gasteiger partial charge in [-0.1, -0.05) is 61.4 Å². The number of allylic oxidation sites excluding steroid dienone is 4. The molecule has 9 heteroatoms. The zero-order valence-electron chi connectivity index (χ0n) is 23.8. The quantitative estimate of drug-likeness (QED) is 0.327. The smallest absolute Gasteiger partial charge is 0.229 e. The average molecular weight is 591 g/mol. The molecule has 3 aliphatic carbocycles. The maximum atomic E-state index is 13.8. The Labute approximate surface area is 250 Å². The number of fused-ring (bicyclic) bond motifs is 2. The first kappa shape index (κ1) is 29.7. The molecule has 0 unspecified atom stereocenters. The van der Waals surface area contributed by atoms with Gasteiger partial charge in [-0.25, -0.2) is 0 Å². The Balaban J connectivity index is 1.24. The second-order valence-electron chi connectivity index (χ2n) is 12.2. The van der Waals surface area contributed by atoms with E-state index in [1.54, 1.807) is 12.1 Å². The molecule has 228 valence electrons. The molecule has 0 spiro atoms. The first-order chi connectivity index (χ1) is 20.8. The fraction of sp³-hybridized carbons (Fsp3) is 0.471. The van der Waals surface area contributed by atoms with E-state index in [0.717, 1.165) is 37.7 Å². The summed E-state index contributed by atoms with van der Waals surface area (Å²) in [4.78, 5) is 27.7. The van der Waals surface area contributed by atoms with Crippen molar-refractivity contribution in [3.05, 3.63) is 88.7 Å². The average Bonchev–Trinajstić information content (AvgIpc) is 3.01. The van der Waals surface area contributed by atoms with Gasteiger partial charge in [0.2, 0.25) is 6.29 Å². The molecule has 5 N–H and O–H groups in total. The van der Waals surface area contributed by atoms with Crippen molar-refractivity contribution in [1.82, 2.24) is 0 Å². The van der Waals surface area contributed by atoms with Crippen LogP contribution in [0, 0.1) is 23.7 Å². The molecule has 0 amide bonds. The van der Waals surface area contributed by atoms with Gasteiger partial charge in [-0.2, -0.15) is 0 Å². The lowest BCUT2D eigenvalue weighted by molar-refractivity contribution is -0.277. The van der Waals surface area contributed by atoms with Crippen LogP contribution in [0.3, 0.4) is 0 Å². The van der Waals surface area contributed by atoms with Crippen LogP contribution in [0.15, 0.2) is 72.0 Å². The third kappa shape index (κ3) is 5.68. The van der Waals surface area contributed by atoms with Crippen LogP contribution >= 0.6 is 0 Å². The van der Waals surface area contributed by atoms with Gasteiger partial charge in [0.25, 0.3) is 0 Å². The van der Waals surface area contributed by atoms with Crippen LogP contribution in [0.5, 0.6) is 5.75 Å². The summed E-state index contributed by atoms with van der Waals surface area (Å²) in [5.74, 6) is -2.09. The number of hydrogen-bond acceptors (Lipinski definition) is 9. The molecule has 4 aliphatic rings. The van der Waals surface area contributed by atoms with Crippen molar-refractivity contribution in [3.8, 4) is 5.75 Å². The van der Waals surface area contributed by atoms with E-state index in [1.165, 1.54) is 24.1 Å². The summed E-state index contributed by atoms with van der Waals surface area (Å²) in [6.45, 7) is -0.639. The lowest BCUT2D eigenvalue weighted by atomic mass is 9.68. The summed E-state index contributed by atoms with van der Waals surface area (Å²) < 4.78 is 11.2. The van der Waals surface area contributed by atoms with Crippen LogP contribution in [-0.2, 0) is 11.2 Å². The number of rotatable bonds is 7. The van der Waals surface area contributed by atoms with Gasteiger partial charge >= 0.3 is 0 Å². The largest absolute Gasteiger partial charge is 0.511 e. The summed E-state index contributed by atoms with van der Waals surface area (Å²) in [5.41, 5.74) is 2.26. The van der Waals surface area contributed by atoms with Gasteiger partial charge in [0.1, 0.15) is 35.9 Å². The number of aliphatic hydroxyl groups excluding tert-OH is 5. The van der Waals surface area contributed by atoms with Crippen molar-refractivity contribution >= 4 is 11.6 Å². The van der Waals surface area contributed by atoms with E-state index in [1.807, 2.05) is 12.1 Å². The van der Waals surface area contributed by atoms with Crippen LogP contribution in [0.25, 0.3) is 0 Å². The lowest BCUT2D eigenvalue weighted by Gasteiger charge is -2.40. The number of benzene rings is 2. The minimum Gasteiger partial charge on any atom is -0.511 e. The first-order valence-electron chi connectivity index (χ1n) is 15.1. The summed E-state index contributed by atoms with van der Waals surface area (Å²) in [5, 5.41) is 51.4. The molecular formula is C34H38O9. The highest BCUT2D eigenvalue weighted by Crippen LogP contribution is 2.44. The van der Waals surface area contributed by atoms with Crippen LogP contribution < -0.4 is 4.74 Å². The maximum Gasteiger partial charge on any atom is 0.229 e. The topological polar surface area (TPSA) is 154 Å². The fourth-order valence-corrected chi connectivity index (χ4v) is 7.25. The van der Waals surface area contributed by atoms with Crippen LogP contribution in [0.1, 0.15) is 58.4 Å². The minimum absolute atomic E-state index is 0.0438. The first-order valence-corrected chi connectivity index (χ1v) is 15.1. The molecular weight excluding hydrogens is 552 g/mol. The molecule has 2 aromatic carbocycles. The van der Waals surface area contributed by atoms with E-state index >= 15 is 0 Å². The van der Waals surface area contributed by atoms with Crippen molar-refractivity contribution in [3.63, 3.8) is 0 Å². The van der Waals surface area contributed by atoms with Crippen LogP contribution in [0.2, 0.25) is 0 Å². The SMILES string of the molecule is O=C1c2c(O[C@H]3O[C@H](CO)[C@@H](O)[C@H](O)[C@H]3O)cccc2C(=O)[C@@H]2C=C(C[C@H]3CCCC[C@H]3Cc3ccccc3)C=C(O)[C@@H]12. The number of hydrogen-bond donors (Lipinski definition) is 5. The van der Waals surface area contributed by atoms with Gasteiger partial charge in [-0.15, -0.1) is 0 Å². The molecule has 9 nitrogen and oxygen atoms in total. The Bertz CT molecular complexity index is 1410. The maximum absolute atomic E-state index is 13.8. The van der Waals surface area contributed by atoms with E-state index in [4.69, 9.17) is 9.47 Å². The fourth-order valence-electron chi connectivity index (χ4n) is 7.25. The lowest BCUT2D eigenvalue weighted by Crippen LogP contribution is -2.60. The highest BCUT2D eigenvalue weighted by molar-refractivity contribution is 6.19. The zero-order chi connectivity index (χ0) is 30.2. The Hall–Kier alpha value is -3.34. The predicted octanol–water partition coefficient (Wildman–Crippen LogP) is 3.30. The molecule has 0 radical (unpaired) electrons. The molecule has 1 saturated carbocycles. The van der Waals surface area contributed by atoms with Crippen molar-refractivity contribution in [2.45, 2.75) is 69.2 Å². The van der Waals surface area contributed by atoms with E-state index < -0.39 is 54.9 Å². The molecule has 9 atom stereocenters. The summed E-state index contributed by atoms with van der Waals surface area (Å²) in [6.07, 6.45) is 2.09. The minimum atomic E-state index is -1.69. The van der Waals surface area contributed by atoms with E-state index in [2.05, 4.69) is 24.3 Å². The zero-order valence-corrected chi connectivity index (χ0v) is 23.8. The van der Waals surface area contributed by atoms with Crippen molar-refractivity contribution in [2.75, 3.05) is 6.61 Å². The van der Waals surface area contributed by atoms with Gasteiger partial charge in [0, 0.05) is 5.56 Å². The second kappa shape index (κ2) is 12.3. The van der Waals surface area contributed by atoms with Crippen LogP contribution in [0.4, 0.5) is 0 Å². The molecule has 2 aromatic rings. The molecule has 43 heavy (non-hydrogen) atoms. The standard InChI is InChI=1S/C34H38O9/c35-17-26-30(38)32(40)33(41)34(43-26)42-25-12-6-11-22-28(25)31(39)27-23(29(22)37)15-19(16-24(27)36)14-21-10-5-4-9-20(21)13-18-7-2-1-3-8-18/h1-3,6-8,11-12,15-16,20-21,23,26-27,30,32-36,38,40-41H,4-5,9-10,13-14,17H2/t20-,21+,23+,26+,27-,30+,32-,33+,34-/m0/s1. The van der Waals surface area contributed by atoms with Crippen molar-refractivity contribution in [1.29, 1.82) is 0 Å². The van der Waals surface area contributed by atoms with E-state index in [9.17, 15) is 35.1 Å². The molecule has 6 rings (SSSR count). The number of ether oxygens (including phenoxy) is 2. The summed E-state index contributed by atoms with van der Waals surface area (Å²) >= 11 is 0. The number of carbonyl (C=O) groups is 2. The summed E-state index contributed by atoms with van der Waals surface area (Å²) in [7, 11) is 0. The molecule has 1 saturated heterocycles. The molecule has 1 aliphatic heterocycles. The third-order valence-electron chi connectivity index (χ3n) is 9.52. The van der Waals surface area contributed by atoms with Crippen LogP contribution in [-0.4, -0.2) is 74.4 Å². The van der Waals surface area contributed by atoms with Gasteiger partial charge < -0.3 is 35.0 Å². The van der Waals surface area contributed by atoms with E-state index in [-0.39, 0.29) is 28.4 Å². The van der Waals surface area contributed by atoms with Gasteiger partial charge in [0.05, 0.1) is 24.0 Å². The van der Waals surface area contributed by atoms with Gasteiger partial charge in [0.15, 0.2) is 11.6 Å². The Kier molecular flexibility index (Phi) is 8.53. The Morgan fingerprint density at radius 1 is 0.837 bits per heavy atom. The number of ketones is 2. The number of Topliss-reactive ketones (excluding diaryl/α,β-unsaturated/α-hetero) is 2. The van der Waals surface area contributed by atoms with Crippen molar-refractivity contribution < 1.29 is 44.6 Å². The number of carbonyl (C=O) groups excluding carboxylic acids is 2. The van der Waals surface area contributed by atoms with Gasteiger partial charge in [-0.3, -0.25) is 9.59 Å². The third-order valence-corrected chi connectivity index (χ3v) is 9.52.